The molecule has 2 aromatic heterocycles. The zero-order chi connectivity index (χ0) is 9.42. The highest BCUT2D eigenvalue weighted by atomic mass is 79.9. The van der Waals surface area contributed by atoms with Gasteiger partial charge in [0.1, 0.15) is 12.0 Å². The van der Waals surface area contributed by atoms with Crippen molar-refractivity contribution in [1.29, 1.82) is 0 Å². The van der Waals surface area contributed by atoms with E-state index in [4.69, 9.17) is 0 Å². The Labute approximate surface area is 80.5 Å². The summed E-state index contributed by atoms with van der Waals surface area (Å²) >= 11 is 3.19. The molecule has 0 atom stereocenters. The van der Waals surface area contributed by atoms with Crippen LogP contribution in [0.15, 0.2) is 22.9 Å². The maximum absolute atomic E-state index is 12.4. The number of halogens is 3. The highest BCUT2D eigenvalue weighted by molar-refractivity contribution is 9.10. The minimum absolute atomic E-state index is 0.157. The van der Waals surface area contributed by atoms with Gasteiger partial charge < -0.3 is 0 Å². The normalized spacial score (nSPS) is 11.4. The molecule has 68 valence electrons. The van der Waals surface area contributed by atoms with Crippen molar-refractivity contribution in [3.63, 3.8) is 0 Å². The Balaban J connectivity index is 2.78. The van der Waals surface area contributed by atoms with E-state index in [1.54, 1.807) is 0 Å². The predicted octanol–water partition coefficient (Wildman–Crippen LogP) is 2.43. The standard InChI is InChI=1S/C7H4BrF2N3/c8-4-1-2-5(6(9)10)13-7(4)11-3-12-13/h1-3,6H. The van der Waals surface area contributed by atoms with E-state index in [1.165, 1.54) is 18.5 Å². The SMILES string of the molecule is FC(F)c1ccc(Br)c2ncnn12. The molecule has 3 nitrogen and oxygen atoms in total. The summed E-state index contributed by atoms with van der Waals surface area (Å²) in [6.07, 6.45) is -1.30. The summed E-state index contributed by atoms with van der Waals surface area (Å²) in [6.45, 7) is 0. The van der Waals surface area contributed by atoms with Crippen molar-refractivity contribution in [1.82, 2.24) is 14.6 Å². The number of fused-ring (bicyclic) bond motifs is 1. The number of rotatable bonds is 1. The smallest absolute Gasteiger partial charge is 0.214 e. The zero-order valence-corrected chi connectivity index (χ0v) is 7.87. The number of pyridine rings is 1. The lowest BCUT2D eigenvalue weighted by Crippen LogP contribution is -1.98. The fourth-order valence-electron chi connectivity index (χ4n) is 1.06. The Morgan fingerprint density at radius 3 is 2.85 bits per heavy atom. The zero-order valence-electron chi connectivity index (χ0n) is 6.28. The van der Waals surface area contributed by atoms with Crippen molar-refractivity contribution < 1.29 is 8.78 Å². The lowest BCUT2D eigenvalue weighted by Gasteiger charge is -2.02. The first kappa shape index (κ1) is 8.55. The van der Waals surface area contributed by atoms with E-state index in [9.17, 15) is 8.78 Å². The van der Waals surface area contributed by atoms with Crippen molar-refractivity contribution in [3.05, 3.63) is 28.6 Å². The number of nitrogens with zero attached hydrogens (tertiary/aromatic N) is 3. The topological polar surface area (TPSA) is 30.2 Å². The third kappa shape index (κ3) is 1.31. The Morgan fingerprint density at radius 2 is 2.15 bits per heavy atom. The Morgan fingerprint density at radius 1 is 1.38 bits per heavy atom. The molecule has 0 bridgehead atoms. The van der Waals surface area contributed by atoms with Crippen LogP contribution < -0.4 is 0 Å². The Bertz CT molecular complexity index is 440. The van der Waals surface area contributed by atoms with Crippen LogP contribution in [0, 0.1) is 0 Å². The largest absolute Gasteiger partial charge is 0.280 e. The summed E-state index contributed by atoms with van der Waals surface area (Å²) in [5, 5.41) is 3.70. The van der Waals surface area contributed by atoms with Crippen molar-refractivity contribution in [2.75, 3.05) is 0 Å². The first-order valence-electron chi connectivity index (χ1n) is 3.46. The molecule has 0 aliphatic carbocycles. The molecule has 2 aromatic rings. The lowest BCUT2D eigenvalue weighted by atomic mass is 10.3. The van der Waals surface area contributed by atoms with Crippen molar-refractivity contribution in [3.8, 4) is 0 Å². The van der Waals surface area contributed by atoms with Gasteiger partial charge in [0.05, 0.1) is 4.47 Å². The third-order valence-electron chi connectivity index (χ3n) is 1.63. The van der Waals surface area contributed by atoms with Crippen molar-refractivity contribution in [2.45, 2.75) is 6.43 Å². The van der Waals surface area contributed by atoms with E-state index in [1.807, 2.05) is 0 Å². The Hall–Kier alpha value is -1.04. The van der Waals surface area contributed by atoms with Gasteiger partial charge in [-0.1, -0.05) is 0 Å². The average Bonchev–Trinajstić information content (AvgIpc) is 2.53. The monoisotopic (exact) mass is 247 g/mol. The number of alkyl halides is 2. The van der Waals surface area contributed by atoms with Gasteiger partial charge in [-0.25, -0.2) is 18.3 Å². The van der Waals surface area contributed by atoms with Gasteiger partial charge in [0.15, 0.2) is 5.65 Å². The summed E-state index contributed by atoms with van der Waals surface area (Å²) in [6, 6.07) is 2.85. The molecule has 6 heteroatoms. The summed E-state index contributed by atoms with van der Waals surface area (Å²) in [5.74, 6) is 0. The van der Waals surface area contributed by atoms with Crippen LogP contribution >= 0.6 is 15.9 Å². The molecule has 0 N–H and O–H groups in total. The van der Waals surface area contributed by atoms with Crippen LogP contribution in [-0.4, -0.2) is 14.6 Å². The molecular weight excluding hydrogens is 244 g/mol. The van der Waals surface area contributed by atoms with Gasteiger partial charge in [-0.2, -0.15) is 5.10 Å². The second-order valence-corrected chi connectivity index (χ2v) is 3.26. The van der Waals surface area contributed by atoms with Gasteiger partial charge in [-0.15, -0.1) is 0 Å². The van der Waals surface area contributed by atoms with Crippen molar-refractivity contribution >= 4 is 21.6 Å². The van der Waals surface area contributed by atoms with Crippen LogP contribution in [0.4, 0.5) is 8.78 Å². The average molecular weight is 248 g/mol. The summed E-state index contributed by atoms with van der Waals surface area (Å²) < 4.78 is 26.6. The first-order valence-corrected chi connectivity index (χ1v) is 4.25. The summed E-state index contributed by atoms with van der Waals surface area (Å²) in [5.41, 5.74) is 0.244. The minimum atomic E-state index is -2.54. The highest BCUT2D eigenvalue weighted by Gasteiger charge is 2.13. The molecule has 0 fully saturated rings. The molecule has 2 rings (SSSR count). The van der Waals surface area contributed by atoms with Crippen molar-refractivity contribution in [2.24, 2.45) is 0 Å². The molecule has 0 aliphatic rings. The quantitative estimate of drug-likeness (QED) is 0.775. The molecule has 2 heterocycles. The second-order valence-electron chi connectivity index (χ2n) is 2.40. The van der Waals surface area contributed by atoms with E-state index >= 15 is 0 Å². The first-order chi connectivity index (χ1) is 6.20. The van der Waals surface area contributed by atoms with Crippen LogP contribution in [0.1, 0.15) is 12.1 Å². The van der Waals surface area contributed by atoms with E-state index in [2.05, 4.69) is 26.0 Å². The molecule has 0 amide bonds. The van der Waals surface area contributed by atoms with E-state index < -0.39 is 6.43 Å². The molecule has 0 saturated heterocycles. The van der Waals surface area contributed by atoms with Gasteiger partial charge in [-0.05, 0) is 28.1 Å². The molecule has 0 radical (unpaired) electrons. The van der Waals surface area contributed by atoms with E-state index in [0.717, 1.165) is 4.52 Å². The van der Waals surface area contributed by atoms with Crippen LogP contribution in [-0.2, 0) is 0 Å². The van der Waals surface area contributed by atoms with Gasteiger partial charge in [0, 0.05) is 0 Å². The van der Waals surface area contributed by atoms with Gasteiger partial charge >= 0.3 is 0 Å². The van der Waals surface area contributed by atoms with Crippen LogP contribution in [0.2, 0.25) is 0 Å². The van der Waals surface area contributed by atoms with Gasteiger partial charge in [-0.3, -0.25) is 0 Å². The fraction of sp³-hybridized carbons (Fsp3) is 0.143. The molecule has 0 aliphatic heterocycles. The second kappa shape index (κ2) is 3.02. The van der Waals surface area contributed by atoms with Crippen LogP contribution in [0.25, 0.3) is 5.65 Å². The van der Waals surface area contributed by atoms with Gasteiger partial charge in [0.25, 0.3) is 6.43 Å². The maximum atomic E-state index is 12.4. The lowest BCUT2D eigenvalue weighted by molar-refractivity contribution is 0.143. The molecule has 0 spiro atoms. The van der Waals surface area contributed by atoms with Crippen LogP contribution in [0.5, 0.6) is 0 Å². The molecule has 0 saturated carbocycles. The molecular formula is C7H4BrF2N3. The highest BCUT2D eigenvalue weighted by Crippen LogP contribution is 2.23. The van der Waals surface area contributed by atoms with E-state index in [0.29, 0.717) is 10.1 Å². The Kier molecular flexibility index (Phi) is 1.99. The van der Waals surface area contributed by atoms with Crippen LogP contribution in [0.3, 0.4) is 0 Å². The number of hydrogen-bond acceptors (Lipinski definition) is 2. The number of hydrogen-bond donors (Lipinski definition) is 0. The minimum Gasteiger partial charge on any atom is -0.214 e. The third-order valence-corrected chi connectivity index (χ3v) is 2.25. The predicted molar refractivity (Wildman–Crippen MR) is 45.6 cm³/mol. The molecule has 0 aromatic carbocycles. The fourth-order valence-corrected chi connectivity index (χ4v) is 1.46. The molecule has 0 unspecified atom stereocenters. The number of aromatic nitrogens is 3. The maximum Gasteiger partial charge on any atom is 0.280 e. The van der Waals surface area contributed by atoms with E-state index in [-0.39, 0.29) is 5.69 Å². The summed E-state index contributed by atoms with van der Waals surface area (Å²) in [7, 11) is 0. The molecule has 13 heavy (non-hydrogen) atoms. The van der Waals surface area contributed by atoms with Gasteiger partial charge in [0.2, 0.25) is 0 Å². The summed E-state index contributed by atoms with van der Waals surface area (Å²) in [4.78, 5) is 3.83.